The maximum absolute atomic E-state index is 12.5. The van der Waals surface area contributed by atoms with Crippen molar-refractivity contribution < 1.29 is 14.3 Å². The van der Waals surface area contributed by atoms with Crippen LogP contribution in [0.15, 0.2) is 28.6 Å². The number of aryl methyl sites for hydroxylation is 2. The number of fused-ring (bicyclic) bond motifs is 1. The summed E-state index contributed by atoms with van der Waals surface area (Å²) in [6, 6.07) is 3.61. The van der Waals surface area contributed by atoms with Crippen molar-refractivity contribution in [3.63, 3.8) is 0 Å². The molecule has 0 saturated carbocycles. The van der Waals surface area contributed by atoms with E-state index in [2.05, 4.69) is 4.98 Å². The van der Waals surface area contributed by atoms with Gasteiger partial charge in [0, 0.05) is 11.3 Å². The second-order valence-corrected chi connectivity index (χ2v) is 8.02. The number of esters is 1. The summed E-state index contributed by atoms with van der Waals surface area (Å²) in [6.45, 7) is 3.79. The average Bonchev–Trinajstić information content (AvgIpc) is 3.24. The molecule has 0 radical (unpaired) electrons. The van der Waals surface area contributed by atoms with Crippen molar-refractivity contribution >= 4 is 44.6 Å². The minimum Gasteiger partial charge on any atom is -0.464 e. The van der Waals surface area contributed by atoms with Gasteiger partial charge in [0.15, 0.2) is 5.78 Å². The fourth-order valence-electron chi connectivity index (χ4n) is 2.55. The number of aromatic nitrogens is 2. The molecular weight excluding hydrogens is 372 g/mol. The van der Waals surface area contributed by atoms with Gasteiger partial charge in [-0.15, -0.1) is 22.7 Å². The quantitative estimate of drug-likeness (QED) is 0.351. The molecule has 136 valence electrons. The number of rotatable bonds is 7. The predicted octanol–water partition coefficient (Wildman–Crippen LogP) is 3.34. The van der Waals surface area contributed by atoms with Crippen LogP contribution >= 0.6 is 22.7 Å². The lowest BCUT2D eigenvalue weighted by Gasteiger charge is -2.06. The van der Waals surface area contributed by atoms with E-state index in [1.165, 1.54) is 33.6 Å². The third-order valence-electron chi connectivity index (χ3n) is 4.06. The van der Waals surface area contributed by atoms with Crippen LogP contribution in [0.5, 0.6) is 0 Å². The number of ketones is 1. The SMILES string of the molecule is Cc1sc2ncn(CC(=O)OCCCC(=O)c3cccs3)c(=O)c2c1C. The molecule has 0 saturated heterocycles. The van der Waals surface area contributed by atoms with Gasteiger partial charge in [-0.2, -0.15) is 0 Å². The highest BCUT2D eigenvalue weighted by Gasteiger charge is 2.14. The number of nitrogens with zero attached hydrogens (tertiary/aromatic N) is 2. The van der Waals surface area contributed by atoms with Crippen molar-refractivity contribution in [2.45, 2.75) is 33.2 Å². The molecule has 6 nitrogen and oxygen atoms in total. The lowest BCUT2D eigenvalue weighted by atomic mass is 10.2. The van der Waals surface area contributed by atoms with Gasteiger partial charge in [0.25, 0.3) is 5.56 Å². The highest BCUT2D eigenvalue weighted by Crippen LogP contribution is 2.25. The van der Waals surface area contributed by atoms with Gasteiger partial charge in [-0.3, -0.25) is 19.0 Å². The monoisotopic (exact) mass is 390 g/mol. The molecule has 0 amide bonds. The van der Waals surface area contributed by atoms with E-state index in [1.807, 2.05) is 25.3 Å². The number of hydrogen-bond donors (Lipinski definition) is 0. The molecule has 0 spiro atoms. The van der Waals surface area contributed by atoms with Gasteiger partial charge in [-0.25, -0.2) is 4.98 Å². The summed E-state index contributed by atoms with van der Waals surface area (Å²) in [7, 11) is 0. The summed E-state index contributed by atoms with van der Waals surface area (Å²) in [6.07, 6.45) is 2.16. The van der Waals surface area contributed by atoms with Gasteiger partial charge in [-0.1, -0.05) is 6.07 Å². The molecule has 0 aliphatic heterocycles. The molecule has 8 heteroatoms. The van der Waals surface area contributed by atoms with Crippen LogP contribution in [0.3, 0.4) is 0 Å². The highest BCUT2D eigenvalue weighted by atomic mass is 32.1. The zero-order valence-corrected chi connectivity index (χ0v) is 16.1. The summed E-state index contributed by atoms with van der Waals surface area (Å²) in [4.78, 5) is 43.1. The zero-order valence-electron chi connectivity index (χ0n) is 14.5. The Morgan fingerprint density at radius 1 is 1.31 bits per heavy atom. The molecule has 3 heterocycles. The van der Waals surface area contributed by atoms with Crippen LogP contribution < -0.4 is 5.56 Å². The number of ether oxygens (including phenoxy) is 1. The fourth-order valence-corrected chi connectivity index (χ4v) is 4.23. The highest BCUT2D eigenvalue weighted by molar-refractivity contribution is 7.18. The second-order valence-electron chi connectivity index (χ2n) is 5.87. The Morgan fingerprint density at radius 3 is 2.85 bits per heavy atom. The summed E-state index contributed by atoms with van der Waals surface area (Å²) >= 11 is 2.87. The minimum atomic E-state index is -0.513. The molecule has 0 fully saturated rings. The Balaban J connectivity index is 1.54. The Hall–Kier alpha value is -2.32. The van der Waals surface area contributed by atoms with E-state index in [9.17, 15) is 14.4 Å². The van der Waals surface area contributed by atoms with Crippen LogP contribution in [-0.2, 0) is 16.1 Å². The van der Waals surface area contributed by atoms with Crippen LogP contribution in [0, 0.1) is 13.8 Å². The van der Waals surface area contributed by atoms with E-state index in [1.54, 1.807) is 6.07 Å². The summed E-state index contributed by atoms with van der Waals surface area (Å²) in [5.74, 6) is -0.466. The topological polar surface area (TPSA) is 78.3 Å². The van der Waals surface area contributed by atoms with E-state index in [0.717, 1.165) is 10.4 Å². The minimum absolute atomic E-state index is 0.0465. The van der Waals surface area contributed by atoms with Crippen LogP contribution in [0.4, 0.5) is 0 Å². The van der Waals surface area contributed by atoms with Crippen molar-refractivity contribution in [1.82, 2.24) is 9.55 Å². The maximum atomic E-state index is 12.5. The van der Waals surface area contributed by atoms with Gasteiger partial charge in [0.2, 0.25) is 0 Å². The van der Waals surface area contributed by atoms with E-state index in [0.29, 0.717) is 27.9 Å². The zero-order chi connectivity index (χ0) is 18.7. The van der Waals surface area contributed by atoms with Crippen molar-refractivity contribution in [2.75, 3.05) is 6.61 Å². The third kappa shape index (κ3) is 3.91. The smallest absolute Gasteiger partial charge is 0.326 e. The summed E-state index contributed by atoms with van der Waals surface area (Å²) in [5, 5.41) is 2.41. The van der Waals surface area contributed by atoms with Gasteiger partial charge in [0.1, 0.15) is 11.4 Å². The average molecular weight is 390 g/mol. The first-order chi connectivity index (χ1) is 12.5. The van der Waals surface area contributed by atoms with Gasteiger partial charge in [0.05, 0.1) is 23.2 Å². The standard InChI is InChI=1S/C18H18N2O4S2/c1-11-12(2)26-17-16(11)18(23)20(10-19-17)9-15(22)24-7-3-5-13(21)14-6-4-8-25-14/h4,6,8,10H,3,5,7,9H2,1-2H3. The van der Waals surface area contributed by atoms with E-state index >= 15 is 0 Å². The van der Waals surface area contributed by atoms with Crippen molar-refractivity contribution in [3.8, 4) is 0 Å². The number of carbonyl (C=O) groups excluding carboxylic acids is 2. The van der Waals surface area contributed by atoms with Crippen LogP contribution in [0.2, 0.25) is 0 Å². The molecule has 0 aliphatic rings. The van der Waals surface area contributed by atoms with Crippen molar-refractivity contribution in [2.24, 2.45) is 0 Å². The Labute approximate surface area is 158 Å². The number of hydrogen-bond acceptors (Lipinski definition) is 7. The Kier molecular flexibility index (Phi) is 5.63. The number of thiophene rings is 2. The molecule has 0 bridgehead atoms. The largest absolute Gasteiger partial charge is 0.464 e. The van der Waals surface area contributed by atoms with Crippen molar-refractivity contribution in [3.05, 3.63) is 49.5 Å². The van der Waals surface area contributed by atoms with Crippen LogP contribution in [-0.4, -0.2) is 27.9 Å². The van der Waals surface area contributed by atoms with Gasteiger partial charge < -0.3 is 4.74 Å². The third-order valence-corrected chi connectivity index (χ3v) is 6.09. The first-order valence-electron chi connectivity index (χ1n) is 8.15. The molecule has 0 unspecified atom stereocenters. The fraction of sp³-hybridized carbons (Fsp3) is 0.333. The Bertz CT molecular complexity index is 1000. The van der Waals surface area contributed by atoms with Crippen molar-refractivity contribution in [1.29, 1.82) is 0 Å². The summed E-state index contributed by atoms with van der Waals surface area (Å²) < 4.78 is 6.41. The molecule has 3 rings (SSSR count). The predicted molar refractivity (Wildman–Crippen MR) is 102 cm³/mol. The molecule has 3 aromatic rings. The molecule has 3 aromatic heterocycles. The molecular formula is C18H18N2O4S2. The normalized spacial score (nSPS) is 11.0. The molecule has 0 atom stereocenters. The first-order valence-corrected chi connectivity index (χ1v) is 9.84. The van der Waals surface area contributed by atoms with Crippen LogP contribution in [0.1, 0.15) is 33.0 Å². The van der Waals surface area contributed by atoms with Gasteiger partial charge in [-0.05, 0) is 37.3 Å². The van der Waals surface area contributed by atoms with Crippen LogP contribution in [0.25, 0.3) is 10.2 Å². The second kappa shape index (κ2) is 7.92. The first kappa shape index (κ1) is 18.5. The molecule has 0 aromatic carbocycles. The van der Waals surface area contributed by atoms with E-state index in [4.69, 9.17) is 4.74 Å². The van der Waals surface area contributed by atoms with Gasteiger partial charge >= 0.3 is 5.97 Å². The molecule has 0 N–H and O–H groups in total. The maximum Gasteiger partial charge on any atom is 0.326 e. The lowest BCUT2D eigenvalue weighted by molar-refractivity contribution is -0.144. The molecule has 0 aliphatic carbocycles. The molecule has 26 heavy (non-hydrogen) atoms. The Morgan fingerprint density at radius 2 is 2.12 bits per heavy atom. The van der Waals surface area contributed by atoms with E-state index in [-0.39, 0.29) is 24.5 Å². The lowest BCUT2D eigenvalue weighted by Crippen LogP contribution is -2.25. The number of Topliss-reactive ketones (excluding diaryl/α,β-unsaturated/α-hetero) is 1. The summed E-state index contributed by atoms with van der Waals surface area (Å²) in [5.41, 5.74) is 0.666. The number of carbonyl (C=O) groups is 2. The van der Waals surface area contributed by atoms with E-state index < -0.39 is 5.97 Å².